The van der Waals surface area contributed by atoms with Crippen LogP contribution in [0.1, 0.15) is 17.0 Å². The van der Waals surface area contributed by atoms with Crippen LogP contribution in [0.2, 0.25) is 0 Å². The van der Waals surface area contributed by atoms with E-state index in [1.807, 2.05) is 31.2 Å². The van der Waals surface area contributed by atoms with E-state index in [1.165, 1.54) is 10.6 Å². The second kappa shape index (κ2) is 8.49. The number of rotatable bonds is 5. The van der Waals surface area contributed by atoms with Gasteiger partial charge in [0.1, 0.15) is 23.4 Å². The highest BCUT2D eigenvalue weighted by Gasteiger charge is 2.29. The Kier molecular flexibility index (Phi) is 5.78. The van der Waals surface area contributed by atoms with E-state index in [0.717, 1.165) is 28.3 Å². The molecule has 1 fully saturated rings. The molecule has 0 aliphatic carbocycles. The van der Waals surface area contributed by atoms with Crippen molar-refractivity contribution in [2.24, 2.45) is 4.99 Å². The van der Waals surface area contributed by atoms with Crippen LogP contribution in [0.4, 0.5) is 0 Å². The van der Waals surface area contributed by atoms with E-state index < -0.39 is 10.0 Å². The van der Waals surface area contributed by atoms with Crippen LogP contribution in [0.15, 0.2) is 50.5 Å². The lowest BCUT2D eigenvalue weighted by Crippen LogP contribution is -2.53. The predicted molar refractivity (Wildman–Crippen MR) is 113 cm³/mol. The minimum Gasteiger partial charge on any atom is -0.459 e. The fourth-order valence-electron chi connectivity index (χ4n) is 3.65. The number of para-hydroxylation sites is 1. The molecule has 3 aromatic rings. The summed E-state index contributed by atoms with van der Waals surface area (Å²) in [6, 6.07) is 9.53. The lowest BCUT2D eigenvalue weighted by atomic mass is 10.1. The molecule has 1 saturated heterocycles. The summed E-state index contributed by atoms with van der Waals surface area (Å²) >= 11 is 0. The van der Waals surface area contributed by atoms with Gasteiger partial charge in [-0.3, -0.25) is 4.99 Å². The summed E-state index contributed by atoms with van der Waals surface area (Å²) < 4.78 is 37.4. The average Bonchev–Trinajstić information content (AvgIpc) is 3.37. The van der Waals surface area contributed by atoms with Crippen LogP contribution in [-0.2, 0) is 22.3 Å². The van der Waals surface area contributed by atoms with Crippen LogP contribution in [-0.4, -0.2) is 62.0 Å². The fourth-order valence-corrected chi connectivity index (χ4v) is 5.08. The molecule has 1 aliphatic rings. The van der Waals surface area contributed by atoms with Gasteiger partial charge < -0.3 is 19.2 Å². The van der Waals surface area contributed by atoms with Crippen LogP contribution in [0.3, 0.4) is 0 Å². The highest BCUT2D eigenvalue weighted by molar-refractivity contribution is 7.88. The van der Waals surface area contributed by atoms with Crippen molar-refractivity contribution < 1.29 is 17.4 Å². The summed E-state index contributed by atoms with van der Waals surface area (Å²) in [6.07, 6.45) is 1.38. The van der Waals surface area contributed by atoms with Gasteiger partial charge >= 0.3 is 0 Å². The first-order valence-electron chi connectivity index (χ1n) is 9.77. The van der Waals surface area contributed by atoms with Crippen molar-refractivity contribution in [3.63, 3.8) is 0 Å². The molecule has 0 saturated carbocycles. The molecule has 9 nitrogen and oxygen atoms in total. The number of piperazine rings is 1. The van der Waals surface area contributed by atoms with E-state index in [0.29, 0.717) is 38.4 Å². The van der Waals surface area contributed by atoms with Crippen LogP contribution < -0.4 is 5.32 Å². The molecule has 1 N–H and O–H groups in total. The maximum atomic E-state index is 12.6. The molecule has 3 heterocycles. The van der Waals surface area contributed by atoms with Crippen molar-refractivity contribution in [1.29, 1.82) is 0 Å². The summed E-state index contributed by atoms with van der Waals surface area (Å²) in [5.74, 6) is 1.44. The molecule has 1 aromatic carbocycles. The Morgan fingerprint density at radius 2 is 1.97 bits per heavy atom. The molecular weight excluding hydrogens is 406 g/mol. The smallest absolute Gasteiger partial charge is 0.220 e. The molecule has 4 rings (SSSR count). The quantitative estimate of drug-likeness (QED) is 0.486. The number of furan rings is 1. The fraction of sp³-hybridized carbons (Fsp3) is 0.400. The van der Waals surface area contributed by atoms with Crippen molar-refractivity contribution >= 4 is 27.0 Å². The first-order chi connectivity index (χ1) is 14.5. The number of nitrogens with one attached hydrogen (secondary N) is 1. The normalized spacial score (nSPS) is 16.3. The minimum atomic E-state index is -3.43. The van der Waals surface area contributed by atoms with Crippen LogP contribution in [0.25, 0.3) is 11.0 Å². The molecular formula is C20H25N5O4S. The lowest BCUT2D eigenvalue weighted by Gasteiger charge is -2.35. The van der Waals surface area contributed by atoms with Gasteiger partial charge in [-0.25, -0.2) is 8.42 Å². The number of aryl methyl sites for hydroxylation is 1. The van der Waals surface area contributed by atoms with Gasteiger partial charge in [-0.15, -0.1) is 0 Å². The summed E-state index contributed by atoms with van der Waals surface area (Å²) in [6.45, 7) is 4.45. The second-order valence-electron chi connectivity index (χ2n) is 7.18. The van der Waals surface area contributed by atoms with E-state index in [1.54, 1.807) is 13.1 Å². The molecule has 30 heavy (non-hydrogen) atoms. The van der Waals surface area contributed by atoms with Crippen molar-refractivity contribution in [3.05, 3.63) is 53.6 Å². The zero-order valence-corrected chi connectivity index (χ0v) is 17.9. The van der Waals surface area contributed by atoms with Crippen LogP contribution in [0.5, 0.6) is 0 Å². The van der Waals surface area contributed by atoms with E-state index in [2.05, 4.69) is 20.4 Å². The molecule has 1 aliphatic heterocycles. The number of fused-ring (bicyclic) bond motifs is 1. The predicted octanol–water partition coefficient (Wildman–Crippen LogP) is 1.95. The molecule has 2 aromatic heterocycles. The topological polar surface area (TPSA) is 104 Å². The van der Waals surface area contributed by atoms with Crippen LogP contribution in [0, 0.1) is 6.92 Å². The standard InChI is InChI=1S/C20H25N5O4S/c1-15-17-5-3-4-6-18(17)29-19(15)13-22-20(21-2)24-8-10-25(11-9-24)30(26,27)14-16-7-12-28-23-16/h3-7,12H,8-11,13-14H2,1-2H3,(H,21,22). The Balaban J connectivity index is 1.35. The van der Waals surface area contributed by atoms with Gasteiger partial charge in [0.25, 0.3) is 0 Å². The molecule has 0 unspecified atom stereocenters. The van der Waals surface area contributed by atoms with Crippen molar-refractivity contribution in [2.75, 3.05) is 33.2 Å². The molecule has 0 atom stereocenters. The molecule has 10 heteroatoms. The molecule has 0 radical (unpaired) electrons. The van der Waals surface area contributed by atoms with Gasteiger partial charge in [0.2, 0.25) is 10.0 Å². The summed E-state index contributed by atoms with van der Waals surface area (Å²) in [4.78, 5) is 6.41. The Labute approximate surface area is 175 Å². The number of hydrogen-bond acceptors (Lipinski definition) is 6. The molecule has 0 spiro atoms. The largest absolute Gasteiger partial charge is 0.459 e. The first kappa shape index (κ1) is 20.4. The first-order valence-corrected chi connectivity index (χ1v) is 11.4. The number of nitrogens with zero attached hydrogens (tertiary/aromatic N) is 4. The summed E-state index contributed by atoms with van der Waals surface area (Å²) in [5, 5.41) is 8.14. The monoisotopic (exact) mass is 431 g/mol. The number of aliphatic imine (C=N–C) groups is 1. The number of sulfonamides is 1. The van der Waals surface area contributed by atoms with Crippen molar-refractivity contribution in [3.8, 4) is 0 Å². The second-order valence-corrected chi connectivity index (χ2v) is 9.15. The molecule has 160 valence electrons. The van der Waals surface area contributed by atoms with Gasteiger partial charge in [0, 0.05) is 50.2 Å². The summed E-state index contributed by atoms with van der Waals surface area (Å²) in [5.41, 5.74) is 2.39. The lowest BCUT2D eigenvalue weighted by molar-refractivity contribution is 0.259. The van der Waals surface area contributed by atoms with E-state index in [-0.39, 0.29) is 5.75 Å². The Hall–Kier alpha value is -2.85. The number of hydrogen-bond donors (Lipinski definition) is 1. The Bertz CT molecular complexity index is 1130. The van der Waals surface area contributed by atoms with Gasteiger partial charge in [-0.05, 0) is 13.0 Å². The van der Waals surface area contributed by atoms with E-state index in [9.17, 15) is 8.42 Å². The average molecular weight is 432 g/mol. The number of benzene rings is 1. The molecule has 0 amide bonds. The van der Waals surface area contributed by atoms with Crippen LogP contribution >= 0.6 is 0 Å². The molecule has 0 bridgehead atoms. The van der Waals surface area contributed by atoms with Crippen molar-refractivity contribution in [1.82, 2.24) is 19.7 Å². The summed E-state index contributed by atoms with van der Waals surface area (Å²) in [7, 11) is -1.71. The van der Waals surface area contributed by atoms with E-state index >= 15 is 0 Å². The third-order valence-corrected chi connectivity index (χ3v) is 7.13. The maximum Gasteiger partial charge on any atom is 0.220 e. The van der Waals surface area contributed by atoms with E-state index in [4.69, 9.17) is 8.94 Å². The number of guanidine groups is 1. The zero-order valence-electron chi connectivity index (χ0n) is 17.0. The van der Waals surface area contributed by atoms with Crippen molar-refractivity contribution in [2.45, 2.75) is 19.2 Å². The Morgan fingerprint density at radius 3 is 2.63 bits per heavy atom. The highest BCUT2D eigenvalue weighted by Crippen LogP contribution is 2.24. The van der Waals surface area contributed by atoms with Gasteiger partial charge in [-0.2, -0.15) is 4.31 Å². The third kappa shape index (κ3) is 4.19. The minimum absolute atomic E-state index is 0.151. The SMILES string of the molecule is CN=C(NCc1oc2ccccc2c1C)N1CCN(S(=O)(=O)Cc2ccon2)CC1. The zero-order chi connectivity index (χ0) is 21.1. The van der Waals surface area contributed by atoms with Gasteiger partial charge in [0.15, 0.2) is 5.96 Å². The third-order valence-electron chi connectivity index (χ3n) is 5.31. The number of aromatic nitrogens is 1. The Morgan fingerprint density at radius 1 is 1.20 bits per heavy atom. The highest BCUT2D eigenvalue weighted by atomic mass is 32.2. The van der Waals surface area contributed by atoms with Gasteiger partial charge in [0.05, 0.1) is 12.2 Å². The maximum absolute atomic E-state index is 12.6. The van der Waals surface area contributed by atoms with Gasteiger partial charge in [-0.1, -0.05) is 23.4 Å².